The number of hydrogen-bond donors (Lipinski definition) is 2. The molecule has 26 heavy (non-hydrogen) atoms. The molecule has 0 spiro atoms. The molecule has 6 nitrogen and oxygen atoms in total. The van der Waals surface area contributed by atoms with Gasteiger partial charge in [-0.15, -0.1) is 0 Å². The summed E-state index contributed by atoms with van der Waals surface area (Å²) in [5, 5.41) is 6.64. The van der Waals surface area contributed by atoms with Crippen molar-refractivity contribution in [1.82, 2.24) is 15.5 Å². The van der Waals surface area contributed by atoms with E-state index in [1.54, 1.807) is 25.3 Å². The average Bonchev–Trinajstić information content (AvgIpc) is 3.16. The van der Waals surface area contributed by atoms with Gasteiger partial charge in [0, 0.05) is 39.2 Å². The predicted molar refractivity (Wildman–Crippen MR) is 104 cm³/mol. The van der Waals surface area contributed by atoms with Gasteiger partial charge in [-0.3, -0.25) is 4.79 Å². The third kappa shape index (κ3) is 6.27. The SMILES string of the molecule is CCCNC(=NCc1ccc(C(=O)N(C)C)cc1)NCCc1ccco1. The van der Waals surface area contributed by atoms with E-state index in [4.69, 9.17) is 4.42 Å². The monoisotopic (exact) mass is 356 g/mol. The van der Waals surface area contributed by atoms with Crippen LogP contribution in [0.4, 0.5) is 0 Å². The summed E-state index contributed by atoms with van der Waals surface area (Å²) in [5.74, 6) is 1.74. The summed E-state index contributed by atoms with van der Waals surface area (Å²) < 4.78 is 5.34. The Hall–Kier alpha value is -2.76. The van der Waals surface area contributed by atoms with E-state index in [1.807, 2.05) is 36.4 Å². The zero-order valence-electron chi connectivity index (χ0n) is 15.8. The van der Waals surface area contributed by atoms with Gasteiger partial charge >= 0.3 is 0 Å². The lowest BCUT2D eigenvalue weighted by molar-refractivity contribution is 0.0827. The molecule has 2 rings (SSSR count). The molecule has 0 aliphatic rings. The zero-order chi connectivity index (χ0) is 18.8. The summed E-state index contributed by atoms with van der Waals surface area (Å²) in [7, 11) is 3.50. The maximum Gasteiger partial charge on any atom is 0.253 e. The van der Waals surface area contributed by atoms with E-state index < -0.39 is 0 Å². The van der Waals surface area contributed by atoms with Gasteiger partial charge in [0.1, 0.15) is 5.76 Å². The zero-order valence-corrected chi connectivity index (χ0v) is 15.8. The third-order valence-corrected chi connectivity index (χ3v) is 3.81. The quantitative estimate of drug-likeness (QED) is 0.564. The van der Waals surface area contributed by atoms with Crippen molar-refractivity contribution >= 4 is 11.9 Å². The Kier molecular flexibility index (Phi) is 7.74. The van der Waals surface area contributed by atoms with Gasteiger partial charge in [0.2, 0.25) is 0 Å². The summed E-state index contributed by atoms with van der Waals surface area (Å²) >= 11 is 0. The largest absolute Gasteiger partial charge is 0.469 e. The highest BCUT2D eigenvalue weighted by Crippen LogP contribution is 2.07. The molecule has 0 radical (unpaired) electrons. The second kappa shape index (κ2) is 10.3. The van der Waals surface area contributed by atoms with Gasteiger partial charge in [-0.25, -0.2) is 4.99 Å². The van der Waals surface area contributed by atoms with Crippen molar-refractivity contribution in [2.45, 2.75) is 26.3 Å². The van der Waals surface area contributed by atoms with E-state index in [2.05, 4.69) is 22.5 Å². The van der Waals surface area contributed by atoms with Gasteiger partial charge in [-0.1, -0.05) is 19.1 Å². The second-order valence-corrected chi connectivity index (χ2v) is 6.24. The first-order valence-corrected chi connectivity index (χ1v) is 8.95. The molecule has 0 aliphatic carbocycles. The standard InChI is InChI=1S/C20H28N4O2/c1-4-12-21-20(22-13-11-18-6-5-14-26-18)23-15-16-7-9-17(10-8-16)19(25)24(2)3/h5-10,14H,4,11-13,15H2,1-3H3,(H2,21,22,23). The number of aliphatic imine (C=N–C) groups is 1. The van der Waals surface area contributed by atoms with Gasteiger partial charge in [-0.05, 0) is 36.2 Å². The Labute approximate surface area is 155 Å². The van der Waals surface area contributed by atoms with Crippen LogP contribution in [0.3, 0.4) is 0 Å². The molecule has 0 atom stereocenters. The fourth-order valence-corrected chi connectivity index (χ4v) is 2.36. The molecule has 0 aliphatic heterocycles. The van der Waals surface area contributed by atoms with Crippen LogP contribution in [-0.2, 0) is 13.0 Å². The van der Waals surface area contributed by atoms with E-state index in [-0.39, 0.29) is 5.91 Å². The van der Waals surface area contributed by atoms with Crippen LogP contribution in [-0.4, -0.2) is 44.0 Å². The van der Waals surface area contributed by atoms with Crippen molar-refractivity contribution in [2.75, 3.05) is 27.2 Å². The second-order valence-electron chi connectivity index (χ2n) is 6.24. The Bertz CT molecular complexity index is 691. The fraction of sp³-hybridized carbons (Fsp3) is 0.400. The highest BCUT2D eigenvalue weighted by atomic mass is 16.3. The first-order valence-electron chi connectivity index (χ1n) is 8.95. The Morgan fingerprint density at radius 1 is 1.12 bits per heavy atom. The summed E-state index contributed by atoms with van der Waals surface area (Å²) in [5.41, 5.74) is 1.74. The van der Waals surface area contributed by atoms with Crippen molar-refractivity contribution in [2.24, 2.45) is 4.99 Å². The number of carbonyl (C=O) groups excluding carboxylic acids is 1. The maximum absolute atomic E-state index is 11.9. The minimum atomic E-state index is 0.00458. The van der Waals surface area contributed by atoms with Crippen LogP contribution in [0.2, 0.25) is 0 Å². The maximum atomic E-state index is 11.9. The van der Waals surface area contributed by atoms with Gasteiger partial charge in [0.15, 0.2) is 5.96 Å². The van der Waals surface area contributed by atoms with Crippen molar-refractivity contribution in [3.05, 3.63) is 59.5 Å². The molecule has 1 aromatic carbocycles. The first kappa shape index (κ1) is 19.6. The molecule has 0 unspecified atom stereocenters. The van der Waals surface area contributed by atoms with Crippen LogP contribution >= 0.6 is 0 Å². The number of carbonyl (C=O) groups is 1. The fourth-order valence-electron chi connectivity index (χ4n) is 2.36. The van der Waals surface area contributed by atoms with E-state index in [0.29, 0.717) is 12.1 Å². The van der Waals surface area contributed by atoms with E-state index in [1.165, 1.54) is 0 Å². The van der Waals surface area contributed by atoms with Crippen molar-refractivity contribution < 1.29 is 9.21 Å². The summed E-state index contributed by atoms with van der Waals surface area (Å²) in [4.78, 5) is 18.1. The van der Waals surface area contributed by atoms with Gasteiger partial charge in [0.25, 0.3) is 5.91 Å². The lowest BCUT2D eigenvalue weighted by Crippen LogP contribution is -2.38. The molecule has 2 N–H and O–H groups in total. The van der Waals surface area contributed by atoms with Gasteiger partial charge in [-0.2, -0.15) is 0 Å². The molecule has 0 saturated carbocycles. The topological polar surface area (TPSA) is 69.9 Å². The molecule has 0 saturated heterocycles. The van der Waals surface area contributed by atoms with Crippen molar-refractivity contribution in [1.29, 1.82) is 0 Å². The van der Waals surface area contributed by atoms with Crippen LogP contribution < -0.4 is 10.6 Å². The van der Waals surface area contributed by atoms with Crippen molar-refractivity contribution in [3.63, 3.8) is 0 Å². The minimum Gasteiger partial charge on any atom is -0.469 e. The van der Waals surface area contributed by atoms with E-state index in [0.717, 1.165) is 43.2 Å². The number of furan rings is 1. The smallest absolute Gasteiger partial charge is 0.253 e. The minimum absolute atomic E-state index is 0.00458. The van der Waals surface area contributed by atoms with Crippen LogP contribution in [0.1, 0.15) is 35.0 Å². The highest BCUT2D eigenvalue weighted by Gasteiger charge is 2.07. The number of benzene rings is 1. The van der Waals surface area contributed by atoms with Gasteiger partial charge in [0.05, 0.1) is 12.8 Å². The molecular weight excluding hydrogens is 328 g/mol. The Balaban J connectivity index is 1.91. The predicted octanol–water partition coefficient (Wildman–Crippen LogP) is 2.67. The van der Waals surface area contributed by atoms with Crippen molar-refractivity contribution in [3.8, 4) is 0 Å². The number of nitrogens with one attached hydrogen (secondary N) is 2. The number of guanidine groups is 1. The number of amides is 1. The molecule has 1 aromatic heterocycles. The highest BCUT2D eigenvalue weighted by molar-refractivity contribution is 5.93. The molecule has 2 aromatic rings. The van der Waals surface area contributed by atoms with Crippen LogP contribution in [0, 0.1) is 0 Å². The van der Waals surface area contributed by atoms with E-state index >= 15 is 0 Å². The molecule has 0 bridgehead atoms. The summed E-state index contributed by atoms with van der Waals surface area (Å²) in [6.45, 7) is 4.28. The average molecular weight is 356 g/mol. The summed E-state index contributed by atoms with van der Waals surface area (Å²) in [6, 6.07) is 11.4. The lowest BCUT2D eigenvalue weighted by atomic mass is 10.1. The van der Waals surface area contributed by atoms with E-state index in [9.17, 15) is 4.79 Å². The third-order valence-electron chi connectivity index (χ3n) is 3.81. The number of rotatable bonds is 8. The Morgan fingerprint density at radius 3 is 2.46 bits per heavy atom. The summed E-state index contributed by atoms with van der Waals surface area (Å²) in [6.07, 6.45) is 3.52. The van der Waals surface area contributed by atoms with Crippen LogP contribution in [0.15, 0.2) is 52.1 Å². The molecule has 6 heteroatoms. The Morgan fingerprint density at radius 2 is 1.85 bits per heavy atom. The molecule has 140 valence electrons. The lowest BCUT2D eigenvalue weighted by Gasteiger charge is -2.12. The normalized spacial score (nSPS) is 11.3. The number of hydrogen-bond acceptors (Lipinski definition) is 3. The molecule has 1 heterocycles. The van der Waals surface area contributed by atoms with Crippen LogP contribution in [0.25, 0.3) is 0 Å². The molecular formula is C20H28N4O2. The number of nitrogens with zero attached hydrogens (tertiary/aromatic N) is 2. The van der Waals surface area contributed by atoms with Gasteiger partial charge < -0.3 is 20.0 Å². The van der Waals surface area contributed by atoms with Crippen LogP contribution in [0.5, 0.6) is 0 Å². The molecule has 0 fully saturated rings. The first-order chi connectivity index (χ1) is 12.6. The molecule has 1 amide bonds.